The van der Waals surface area contributed by atoms with Crippen LogP contribution in [0.25, 0.3) is 0 Å². The highest BCUT2D eigenvalue weighted by atomic mass is 16.5. The summed E-state index contributed by atoms with van der Waals surface area (Å²) < 4.78 is 4.92. The number of anilines is 1. The first-order chi connectivity index (χ1) is 14.3. The number of aryl methyl sites for hydroxylation is 1. The van der Waals surface area contributed by atoms with Gasteiger partial charge >= 0.3 is 12.0 Å². The molecule has 4 rings (SSSR count). The van der Waals surface area contributed by atoms with Crippen molar-refractivity contribution in [3.63, 3.8) is 0 Å². The number of carbonyl (C=O) groups is 3. The fraction of sp³-hybridized carbons (Fsp3) is 0.429. The van der Waals surface area contributed by atoms with Crippen LogP contribution < -0.4 is 4.90 Å². The van der Waals surface area contributed by atoms with Crippen LogP contribution in [-0.4, -0.2) is 71.0 Å². The number of likely N-dealkylation sites (N-methyl/N-ethyl adjacent to an activating group) is 1. The molecule has 0 radical (unpaired) electrons. The minimum absolute atomic E-state index is 0.0163. The topological polar surface area (TPSA) is 85.8 Å². The van der Waals surface area contributed by atoms with Gasteiger partial charge in [0, 0.05) is 31.2 Å². The van der Waals surface area contributed by atoms with Crippen molar-refractivity contribution in [3.05, 3.63) is 41.7 Å². The van der Waals surface area contributed by atoms with Gasteiger partial charge < -0.3 is 14.5 Å². The summed E-state index contributed by atoms with van der Waals surface area (Å²) in [5.41, 5.74) is 3.02. The first-order valence-electron chi connectivity index (χ1n) is 9.98. The number of nitrogens with zero attached hydrogens (tertiary/aromatic N) is 5. The number of aliphatic imine (C=N–C) groups is 1. The van der Waals surface area contributed by atoms with Crippen LogP contribution in [0.4, 0.5) is 10.5 Å². The second kappa shape index (κ2) is 7.47. The monoisotopic (exact) mass is 411 g/mol. The number of carbonyl (C=O) groups excluding carboxylic acids is 3. The third kappa shape index (κ3) is 3.10. The maximum Gasteiger partial charge on any atom is 0.328 e. The van der Waals surface area contributed by atoms with Gasteiger partial charge in [0.25, 0.3) is 5.91 Å². The van der Waals surface area contributed by atoms with Gasteiger partial charge in [0.1, 0.15) is 0 Å². The Labute approximate surface area is 175 Å². The van der Waals surface area contributed by atoms with Gasteiger partial charge in [-0.15, -0.1) is 0 Å². The normalized spacial score (nSPS) is 22.8. The number of guanidine groups is 1. The summed E-state index contributed by atoms with van der Waals surface area (Å²) in [5, 5.41) is 0. The predicted octanol–water partition coefficient (Wildman–Crippen LogP) is 1.89. The highest BCUT2D eigenvalue weighted by molar-refractivity contribution is 6.10. The summed E-state index contributed by atoms with van der Waals surface area (Å²) in [5.74, 6) is -0.179. The smallest absolute Gasteiger partial charge is 0.328 e. The molecule has 9 heteroatoms. The van der Waals surface area contributed by atoms with Crippen LogP contribution in [0.15, 0.2) is 41.2 Å². The third-order valence-corrected chi connectivity index (χ3v) is 5.52. The average Bonchev–Trinajstić information content (AvgIpc) is 3.22. The molecule has 2 atom stereocenters. The SMILES string of the molecule is CCOC(=O)CCN1C(=O)C2C(N=C3N(c4ccc(C)cc4)C(C)=CN32)N(C)C1=O. The van der Waals surface area contributed by atoms with Crippen LogP contribution in [0.3, 0.4) is 0 Å². The van der Waals surface area contributed by atoms with Crippen molar-refractivity contribution in [1.82, 2.24) is 14.7 Å². The van der Waals surface area contributed by atoms with E-state index in [2.05, 4.69) is 0 Å². The molecule has 0 spiro atoms. The minimum atomic E-state index is -0.657. The molecule has 0 aliphatic carbocycles. The summed E-state index contributed by atoms with van der Waals surface area (Å²) in [6.45, 7) is 5.93. The zero-order chi connectivity index (χ0) is 21.6. The van der Waals surface area contributed by atoms with Gasteiger partial charge in [-0.2, -0.15) is 0 Å². The van der Waals surface area contributed by atoms with Crippen molar-refractivity contribution in [2.75, 3.05) is 25.1 Å². The van der Waals surface area contributed by atoms with Crippen molar-refractivity contribution >= 4 is 29.6 Å². The van der Waals surface area contributed by atoms with Crippen LogP contribution >= 0.6 is 0 Å². The average molecular weight is 411 g/mol. The molecule has 0 aromatic heterocycles. The molecule has 30 heavy (non-hydrogen) atoms. The first kappa shape index (κ1) is 19.9. The van der Waals surface area contributed by atoms with Crippen molar-refractivity contribution in [1.29, 1.82) is 0 Å². The van der Waals surface area contributed by atoms with Crippen LogP contribution in [0.5, 0.6) is 0 Å². The molecular formula is C21H25N5O4. The second-order valence-corrected chi connectivity index (χ2v) is 7.57. The Morgan fingerprint density at radius 2 is 1.87 bits per heavy atom. The lowest BCUT2D eigenvalue weighted by atomic mass is 10.1. The van der Waals surface area contributed by atoms with Gasteiger partial charge in [0.2, 0.25) is 5.96 Å². The number of allylic oxidation sites excluding steroid dienone is 1. The van der Waals surface area contributed by atoms with Crippen LogP contribution in [0.2, 0.25) is 0 Å². The summed E-state index contributed by atoms with van der Waals surface area (Å²) in [7, 11) is 1.63. The van der Waals surface area contributed by atoms with Crippen molar-refractivity contribution in [3.8, 4) is 0 Å². The number of fused-ring (bicyclic) bond motifs is 3. The predicted molar refractivity (Wildman–Crippen MR) is 110 cm³/mol. The molecular weight excluding hydrogens is 386 g/mol. The number of imide groups is 1. The number of ether oxygens (including phenoxy) is 1. The van der Waals surface area contributed by atoms with Crippen molar-refractivity contribution in [2.24, 2.45) is 4.99 Å². The molecule has 1 aromatic carbocycles. The van der Waals surface area contributed by atoms with E-state index in [1.165, 1.54) is 4.90 Å². The quantitative estimate of drug-likeness (QED) is 0.688. The molecule has 0 saturated carbocycles. The molecule has 0 N–H and O–H groups in total. The number of amides is 3. The Kier molecular flexibility index (Phi) is 4.97. The molecule has 1 fully saturated rings. The van der Waals surface area contributed by atoms with Gasteiger partial charge in [0.05, 0.1) is 13.0 Å². The molecule has 2 unspecified atom stereocenters. The Morgan fingerprint density at radius 3 is 2.53 bits per heavy atom. The maximum atomic E-state index is 13.2. The number of hydrogen-bond donors (Lipinski definition) is 0. The van der Waals surface area contributed by atoms with Gasteiger partial charge in [-0.3, -0.25) is 19.4 Å². The van der Waals surface area contributed by atoms with E-state index >= 15 is 0 Å². The van der Waals surface area contributed by atoms with Gasteiger partial charge in [-0.25, -0.2) is 9.79 Å². The molecule has 158 valence electrons. The van der Waals surface area contributed by atoms with Gasteiger partial charge in [-0.1, -0.05) is 17.7 Å². The van der Waals surface area contributed by atoms with Crippen molar-refractivity contribution in [2.45, 2.75) is 39.4 Å². The highest BCUT2D eigenvalue weighted by Gasteiger charge is 2.54. The summed E-state index contributed by atoms with van der Waals surface area (Å²) >= 11 is 0. The number of urea groups is 1. The van der Waals surface area contributed by atoms with E-state index in [0.717, 1.165) is 21.8 Å². The maximum absolute atomic E-state index is 13.2. The third-order valence-electron chi connectivity index (χ3n) is 5.52. The fourth-order valence-corrected chi connectivity index (χ4v) is 4.01. The molecule has 0 bridgehead atoms. The summed E-state index contributed by atoms with van der Waals surface area (Å²) in [6.07, 6.45) is 1.24. The van der Waals surface area contributed by atoms with E-state index in [9.17, 15) is 14.4 Å². The van der Waals surface area contributed by atoms with Gasteiger partial charge in [-0.05, 0) is 32.9 Å². The van der Waals surface area contributed by atoms with Crippen LogP contribution in [0, 0.1) is 6.92 Å². The molecule has 3 aliphatic rings. The van der Waals surface area contributed by atoms with E-state index in [0.29, 0.717) is 5.96 Å². The van der Waals surface area contributed by atoms with Crippen molar-refractivity contribution < 1.29 is 19.1 Å². The Morgan fingerprint density at radius 1 is 1.17 bits per heavy atom. The lowest BCUT2D eigenvalue weighted by Crippen LogP contribution is -2.64. The highest BCUT2D eigenvalue weighted by Crippen LogP contribution is 2.36. The summed E-state index contributed by atoms with van der Waals surface area (Å²) in [6, 6.07) is 6.93. The minimum Gasteiger partial charge on any atom is -0.466 e. The lowest BCUT2D eigenvalue weighted by Gasteiger charge is -2.40. The number of esters is 1. The zero-order valence-corrected chi connectivity index (χ0v) is 17.5. The molecule has 1 aromatic rings. The molecule has 9 nitrogen and oxygen atoms in total. The van der Waals surface area contributed by atoms with E-state index in [1.807, 2.05) is 54.1 Å². The van der Waals surface area contributed by atoms with E-state index in [-0.39, 0.29) is 25.5 Å². The van der Waals surface area contributed by atoms with Crippen LogP contribution in [-0.2, 0) is 14.3 Å². The Bertz CT molecular complexity index is 955. The van der Waals surface area contributed by atoms with Crippen LogP contribution in [0.1, 0.15) is 25.8 Å². The molecule has 3 amide bonds. The number of benzene rings is 1. The lowest BCUT2D eigenvalue weighted by molar-refractivity contribution is -0.144. The number of rotatable bonds is 5. The zero-order valence-electron chi connectivity index (χ0n) is 17.5. The molecule has 1 saturated heterocycles. The standard InChI is InChI=1S/C21H25N5O4/c1-5-30-16(27)10-11-24-19(28)17-18(23(4)21(24)29)22-20-25(17)12-14(3)26(20)15-8-6-13(2)7-9-15/h6-9,12,17-18H,5,10-11H2,1-4H3. The fourth-order valence-electron chi connectivity index (χ4n) is 4.01. The molecule has 3 heterocycles. The number of hydrogen-bond acceptors (Lipinski definition) is 7. The van der Waals surface area contributed by atoms with E-state index < -0.39 is 24.2 Å². The Balaban J connectivity index is 1.60. The first-order valence-corrected chi connectivity index (χ1v) is 9.98. The second-order valence-electron chi connectivity index (χ2n) is 7.57. The molecule has 3 aliphatic heterocycles. The van der Waals surface area contributed by atoms with E-state index in [1.54, 1.807) is 14.0 Å². The Hall–Kier alpha value is -3.36. The van der Waals surface area contributed by atoms with Gasteiger partial charge in [0.15, 0.2) is 12.2 Å². The largest absolute Gasteiger partial charge is 0.466 e. The summed E-state index contributed by atoms with van der Waals surface area (Å²) in [4.78, 5) is 48.8. The van der Waals surface area contributed by atoms with E-state index in [4.69, 9.17) is 9.73 Å².